The van der Waals surface area contributed by atoms with Crippen LogP contribution in [0.15, 0.2) is 0 Å². The molecule has 278 valence electrons. The van der Waals surface area contributed by atoms with Crippen LogP contribution in [0.25, 0.3) is 0 Å². The number of ketones is 1. The number of hydrogen-bond acceptors (Lipinski definition) is 7. The summed E-state index contributed by atoms with van der Waals surface area (Å²) in [4.78, 5) is 55.6. The highest BCUT2D eigenvalue weighted by Gasteiger charge is 2.35. The molecule has 0 saturated heterocycles. The molecule has 0 radical (unpaired) electrons. The number of carbonyl (C=O) groups excluding carboxylic acids is 3. The van der Waals surface area contributed by atoms with Crippen molar-refractivity contribution in [2.45, 2.75) is 206 Å². The van der Waals surface area contributed by atoms with E-state index >= 15 is 0 Å². The number of aliphatic hydroxyl groups is 1. The molecule has 0 aliphatic heterocycles. The van der Waals surface area contributed by atoms with Gasteiger partial charge in [-0.25, -0.2) is 0 Å². The third-order valence-corrected chi connectivity index (χ3v) is 9.39. The van der Waals surface area contributed by atoms with Crippen molar-refractivity contribution in [3.8, 4) is 0 Å². The molecule has 47 heavy (non-hydrogen) atoms. The molecule has 0 aromatic rings. The Bertz CT molecular complexity index is 814. The van der Waals surface area contributed by atoms with Crippen molar-refractivity contribution in [1.82, 2.24) is 0 Å². The van der Waals surface area contributed by atoms with E-state index in [0.717, 1.165) is 38.5 Å². The van der Waals surface area contributed by atoms with Crippen LogP contribution >= 0.6 is 7.60 Å². The summed E-state index contributed by atoms with van der Waals surface area (Å²) < 4.78 is 21.7. The lowest BCUT2D eigenvalue weighted by atomic mass is 10.0. The van der Waals surface area contributed by atoms with Gasteiger partial charge in [-0.1, -0.05) is 168 Å². The number of ether oxygens (including phenoxy) is 2. The number of aliphatic hydroxyl groups excluding tert-OH is 1. The molecular weight excluding hydrogens is 619 g/mol. The second-order valence-electron chi connectivity index (χ2n) is 13.4. The predicted octanol–water partition coefficient (Wildman–Crippen LogP) is 9.51. The van der Waals surface area contributed by atoms with Gasteiger partial charge >= 0.3 is 19.5 Å². The Morgan fingerprint density at radius 2 is 0.851 bits per heavy atom. The topological polar surface area (TPSA) is 147 Å². The van der Waals surface area contributed by atoms with Crippen LogP contribution in [0.4, 0.5) is 0 Å². The molecule has 2 unspecified atom stereocenters. The van der Waals surface area contributed by atoms with Gasteiger partial charge in [-0.3, -0.25) is 18.9 Å². The van der Waals surface area contributed by atoms with Gasteiger partial charge < -0.3 is 24.4 Å². The van der Waals surface area contributed by atoms with Crippen LogP contribution in [0, 0.1) is 0 Å². The summed E-state index contributed by atoms with van der Waals surface area (Å²) in [5, 5.41) is 10.5. The van der Waals surface area contributed by atoms with Crippen molar-refractivity contribution in [3.63, 3.8) is 0 Å². The van der Waals surface area contributed by atoms with E-state index in [1.165, 1.54) is 116 Å². The summed E-state index contributed by atoms with van der Waals surface area (Å²) in [5.41, 5.74) is 0. The summed E-state index contributed by atoms with van der Waals surface area (Å²) in [6, 6.07) is 0. The van der Waals surface area contributed by atoms with Crippen molar-refractivity contribution in [2.24, 2.45) is 0 Å². The number of esters is 2. The highest BCUT2D eigenvalue weighted by molar-refractivity contribution is 7.52. The largest absolute Gasteiger partial charge is 0.463 e. The molecule has 0 bridgehead atoms. The Balaban J connectivity index is 4.20. The van der Waals surface area contributed by atoms with Gasteiger partial charge in [-0.15, -0.1) is 0 Å². The van der Waals surface area contributed by atoms with E-state index in [4.69, 9.17) is 9.47 Å². The molecule has 0 aromatic carbocycles. The normalized spacial score (nSPS) is 13.0. The Hall–Kier alpha value is -1.28. The maximum atomic E-state index is 12.5. The zero-order valence-corrected chi connectivity index (χ0v) is 31.0. The van der Waals surface area contributed by atoms with Gasteiger partial charge in [0.15, 0.2) is 11.9 Å². The standard InChI is InChI=1S/C37H71O9P/c1-3-5-7-9-11-13-15-17-19-21-23-25-27-29-35(40)45-31-33(38)37(34(39)32-47(42,43)44)46-36(41)30-28-26-24-22-20-18-16-14-12-10-8-6-4-2/h33,37-38H,3-32H2,1-2H3,(H2,42,43,44). The van der Waals surface area contributed by atoms with Gasteiger partial charge in [-0.05, 0) is 12.8 Å². The first-order valence-corrected chi connectivity index (χ1v) is 21.0. The van der Waals surface area contributed by atoms with Crippen molar-refractivity contribution >= 4 is 25.3 Å². The first-order chi connectivity index (χ1) is 22.6. The molecule has 2 atom stereocenters. The lowest BCUT2D eigenvalue weighted by molar-refractivity contribution is -0.166. The fourth-order valence-electron chi connectivity index (χ4n) is 5.76. The second kappa shape index (κ2) is 32.0. The molecule has 0 fully saturated rings. The summed E-state index contributed by atoms with van der Waals surface area (Å²) in [6.07, 6.45) is 25.9. The van der Waals surface area contributed by atoms with E-state index in [9.17, 15) is 33.8 Å². The average Bonchev–Trinajstić information content (AvgIpc) is 3.02. The maximum absolute atomic E-state index is 12.5. The minimum Gasteiger partial charge on any atom is -0.463 e. The molecule has 0 aromatic heterocycles. The van der Waals surface area contributed by atoms with Crippen molar-refractivity contribution < 1.29 is 43.3 Å². The average molecular weight is 691 g/mol. The molecule has 10 heteroatoms. The van der Waals surface area contributed by atoms with E-state index < -0.39 is 50.3 Å². The third kappa shape index (κ3) is 31.7. The van der Waals surface area contributed by atoms with Crippen molar-refractivity contribution in [3.05, 3.63) is 0 Å². The molecule has 0 aliphatic rings. The van der Waals surface area contributed by atoms with Crippen LogP contribution in [0.2, 0.25) is 0 Å². The molecule has 0 aliphatic carbocycles. The minimum absolute atomic E-state index is 0.0308. The zero-order valence-electron chi connectivity index (χ0n) is 30.1. The number of rotatable bonds is 35. The lowest BCUT2D eigenvalue weighted by Gasteiger charge is -2.22. The summed E-state index contributed by atoms with van der Waals surface area (Å²) in [6.45, 7) is 3.86. The molecule has 0 saturated carbocycles. The van der Waals surface area contributed by atoms with Gasteiger partial charge in [0, 0.05) is 12.8 Å². The molecule has 0 spiro atoms. The Labute approximate surface area is 286 Å². The molecule has 9 nitrogen and oxygen atoms in total. The van der Waals surface area contributed by atoms with Gasteiger partial charge in [-0.2, -0.15) is 0 Å². The highest BCUT2D eigenvalue weighted by atomic mass is 31.2. The quantitative estimate of drug-likeness (QED) is 0.0336. The fourth-order valence-corrected chi connectivity index (χ4v) is 6.35. The van der Waals surface area contributed by atoms with Crippen LogP contribution in [-0.2, 0) is 28.4 Å². The SMILES string of the molecule is CCCCCCCCCCCCCCCC(=O)OCC(O)C(OC(=O)CCCCCCCCCCCCCCC)C(=O)CP(=O)(O)O. The van der Waals surface area contributed by atoms with Crippen LogP contribution in [0.5, 0.6) is 0 Å². The molecule has 0 rings (SSSR count). The minimum atomic E-state index is -4.75. The van der Waals surface area contributed by atoms with E-state index in [2.05, 4.69) is 13.8 Å². The molecule has 0 amide bonds. The monoisotopic (exact) mass is 690 g/mol. The number of unbranched alkanes of at least 4 members (excludes halogenated alkanes) is 24. The van der Waals surface area contributed by atoms with Crippen LogP contribution < -0.4 is 0 Å². The predicted molar refractivity (Wildman–Crippen MR) is 189 cm³/mol. The van der Waals surface area contributed by atoms with Gasteiger partial charge in [0.1, 0.15) is 18.9 Å². The first kappa shape index (κ1) is 45.7. The van der Waals surface area contributed by atoms with Crippen LogP contribution in [-0.4, -0.2) is 57.6 Å². The van der Waals surface area contributed by atoms with Crippen molar-refractivity contribution in [2.75, 3.05) is 12.8 Å². The van der Waals surface area contributed by atoms with Crippen molar-refractivity contribution in [1.29, 1.82) is 0 Å². The van der Waals surface area contributed by atoms with E-state index in [-0.39, 0.29) is 12.8 Å². The summed E-state index contributed by atoms with van der Waals surface area (Å²) in [5.74, 6) is -2.36. The fraction of sp³-hybridized carbons (Fsp3) is 0.919. The number of carbonyl (C=O) groups is 3. The summed E-state index contributed by atoms with van der Waals surface area (Å²) >= 11 is 0. The molecule has 0 heterocycles. The third-order valence-electron chi connectivity index (χ3n) is 8.67. The van der Waals surface area contributed by atoms with E-state index in [1.54, 1.807) is 0 Å². The zero-order chi connectivity index (χ0) is 35.0. The van der Waals surface area contributed by atoms with Crippen LogP contribution in [0.3, 0.4) is 0 Å². The molecular formula is C37H71O9P. The first-order valence-electron chi connectivity index (χ1n) is 19.2. The maximum Gasteiger partial charge on any atom is 0.333 e. The second-order valence-corrected chi connectivity index (χ2v) is 15.1. The molecule has 3 N–H and O–H groups in total. The summed E-state index contributed by atoms with van der Waals surface area (Å²) in [7, 11) is -4.75. The number of Topliss-reactive ketones (excluding diaryl/α,β-unsaturated/α-hetero) is 1. The van der Waals surface area contributed by atoms with Gasteiger partial charge in [0.05, 0.1) is 0 Å². The lowest BCUT2D eigenvalue weighted by Crippen LogP contribution is -2.42. The van der Waals surface area contributed by atoms with E-state index in [0.29, 0.717) is 12.8 Å². The Morgan fingerprint density at radius 1 is 0.532 bits per heavy atom. The Morgan fingerprint density at radius 3 is 1.19 bits per heavy atom. The smallest absolute Gasteiger partial charge is 0.333 e. The Kier molecular flexibility index (Phi) is 31.1. The van der Waals surface area contributed by atoms with Gasteiger partial charge in [0.2, 0.25) is 0 Å². The highest BCUT2D eigenvalue weighted by Crippen LogP contribution is 2.34. The van der Waals surface area contributed by atoms with Crippen LogP contribution in [0.1, 0.15) is 194 Å². The van der Waals surface area contributed by atoms with Gasteiger partial charge in [0.25, 0.3) is 0 Å². The van der Waals surface area contributed by atoms with E-state index in [1.807, 2.05) is 0 Å². The number of hydrogen-bond donors (Lipinski definition) is 3.